The van der Waals surface area contributed by atoms with E-state index in [2.05, 4.69) is 0 Å². The van der Waals surface area contributed by atoms with Crippen molar-refractivity contribution in [1.82, 2.24) is 0 Å². The van der Waals surface area contributed by atoms with E-state index < -0.39 is 6.10 Å². The molecule has 0 amide bonds. The van der Waals surface area contributed by atoms with Gasteiger partial charge in [-0.3, -0.25) is 4.79 Å². The number of esters is 1. The first-order chi connectivity index (χ1) is 10.2. The molecule has 0 fully saturated rings. The Morgan fingerprint density at radius 1 is 1.19 bits per heavy atom. The first-order valence-electron chi connectivity index (χ1n) is 6.47. The van der Waals surface area contributed by atoms with Gasteiger partial charge in [0.15, 0.2) is 11.5 Å². The van der Waals surface area contributed by atoms with Gasteiger partial charge in [0.2, 0.25) is 0 Å². The van der Waals surface area contributed by atoms with Crippen LogP contribution in [0.3, 0.4) is 0 Å². The fourth-order valence-electron chi connectivity index (χ4n) is 2.22. The number of benzene rings is 2. The van der Waals surface area contributed by atoms with E-state index >= 15 is 0 Å². The normalized spacial score (nSPS) is 15.8. The number of hydrogen-bond acceptors (Lipinski definition) is 4. The average molecular weight is 305 g/mol. The third-order valence-electron chi connectivity index (χ3n) is 3.24. The molecule has 1 heterocycles. The Kier molecular flexibility index (Phi) is 3.71. The van der Waals surface area contributed by atoms with Crippen LogP contribution in [0, 0.1) is 0 Å². The number of halogens is 1. The predicted molar refractivity (Wildman–Crippen MR) is 78.0 cm³/mol. The van der Waals surface area contributed by atoms with Gasteiger partial charge in [-0.15, -0.1) is 0 Å². The van der Waals surface area contributed by atoms with E-state index in [0.29, 0.717) is 22.3 Å². The Hall–Kier alpha value is -2.20. The summed E-state index contributed by atoms with van der Waals surface area (Å²) in [6.07, 6.45) is -0.378. The molecule has 1 unspecified atom stereocenters. The van der Waals surface area contributed by atoms with Crippen molar-refractivity contribution in [3.63, 3.8) is 0 Å². The Labute approximate surface area is 127 Å². The molecule has 0 saturated heterocycles. The van der Waals surface area contributed by atoms with Crippen LogP contribution in [0.2, 0.25) is 5.02 Å². The van der Waals surface area contributed by atoms with Crippen LogP contribution in [0.15, 0.2) is 42.5 Å². The highest BCUT2D eigenvalue weighted by atomic mass is 35.5. The average Bonchev–Trinajstić information content (AvgIpc) is 2.62. The largest absolute Gasteiger partial charge is 0.481 e. The van der Waals surface area contributed by atoms with Crippen LogP contribution in [0.4, 0.5) is 0 Å². The molecule has 108 valence electrons. The zero-order valence-corrected chi connectivity index (χ0v) is 12.1. The van der Waals surface area contributed by atoms with Crippen molar-refractivity contribution < 1.29 is 19.0 Å². The minimum absolute atomic E-state index is 0.100. The Morgan fingerprint density at radius 3 is 2.71 bits per heavy atom. The molecule has 4 nitrogen and oxygen atoms in total. The fourth-order valence-corrected chi connectivity index (χ4v) is 2.38. The summed E-state index contributed by atoms with van der Waals surface area (Å²) >= 11 is 6.03. The van der Waals surface area contributed by atoms with E-state index in [4.69, 9.17) is 25.8 Å². The van der Waals surface area contributed by atoms with E-state index in [9.17, 15) is 4.79 Å². The molecule has 1 atom stereocenters. The topological polar surface area (TPSA) is 44.8 Å². The molecule has 1 aliphatic heterocycles. The van der Waals surface area contributed by atoms with Gasteiger partial charge >= 0.3 is 5.97 Å². The highest BCUT2D eigenvalue weighted by Gasteiger charge is 2.27. The maximum absolute atomic E-state index is 11.6. The summed E-state index contributed by atoms with van der Waals surface area (Å²) in [5.74, 6) is 1.41. The SMILES string of the molecule is COC(=O)CC1Oc2ccccc2Oc2cc(Cl)ccc21. The van der Waals surface area contributed by atoms with Gasteiger partial charge in [0, 0.05) is 10.6 Å². The second-order valence-electron chi connectivity index (χ2n) is 4.62. The summed E-state index contributed by atoms with van der Waals surface area (Å²) in [5.41, 5.74) is 0.765. The van der Waals surface area contributed by atoms with Gasteiger partial charge in [-0.1, -0.05) is 29.8 Å². The van der Waals surface area contributed by atoms with E-state index in [-0.39, 0.29) is 12.4 Å². The standard InChI is InChI=1S/C16H13ClO4/c1-19-16(18)9-15-11-7-6-10(17)8-14(11)20-12-4-2-3-5-13(12)21-15/h2-8,15H,9H2,1H3. The molecule has 0 saturated carbocycles. The van der Waals surface area contributed by atoms with Crippen molar-refractivity contribution >= 4 is 17.6 Å². The zero-order valence-electron chi connectivity index (χ0n) is 11.3. The van der Waals surface area contributed by atoms with Gasteiger partial charge < -0.3 is 14.2 Å². The number of ether oxygens (including phenoxy) is 3. The van der Waals surface area contributed by atoms with Crippen LogP contribution in [-0.4, -0.2) is 13.1 Å². The highest BCUT2D eigenvalue weighted by molar-refractivity contribution is 6.30. The van der Waals surface area contributed by atoms with Crippen molar-refractivity contribution in [2.75, 3.05) is 7.11 Å². The molecule has 21 heavy (non-hydrogen) atoms. The maximum Gasteiger partial charge on any atom is 0.309 e. The minimum atomic E-state index is -0.478. The lowest BCUT2D eigenvalue weighted by Gasteiger charge is -2.17. The lowest BCUT2D eigenvalue weighted by atomic mass is 10.1. The van der Waals surface area contributed by atoms with E-state index in [1.807, 2.05) is 12.1 Å². The van der Waals surface area contributed by atoms with Crippen LogP contribution < -0.4 is 9.47 Å². The zero-order chi connectivity index (χ0) is 14.8. The highest BCUT2D eigenvalue weighted by Crippen LogP contribution is 2.43. The second-order valence-corrected chi connectivity index (χ2v) is 5.05. The van der Waals surface area contributed by atoms with Crippen molar-refractivity contribution in [3.05, 3.63) is 53.1 Å². The molecule has 0 spiro atoms. The number of methoxy groups -OCH3 is 1. The number of para-hydroxylation sites is 2. The van der Waals surface area contributed by atoms with Crippen LogP contribution in [0.1, 0.15) is 18.1 Å². The van der Waals surface area contributed by atoms with E-state index in [0.717, 1.165) is 5.56 Å². The molecule has 0 aromatic heterocycles. The summed E-state index contributed by atoms with van der Waals surface area (Å²) in [4.78, 5) is 11.6. The number of carbonyl (C=O) groups excluding carboxylic acids is 1. The minimum Gasteiger partial charge on any atom is -0.481 e. The van der Waals surface area contributed by atoms with Crippen LogP contribution in [-0.2, 0) is 9.53 Å². The van der Waals surface area contributed by atoms with Gasteiger partial charge in [0.05, 0.1) is 13.5 Å². The molecule has 0 N–H and O–H groups in total. The number of fused-ring (bicyclic) bond motifs is 2. The van der Waals surface area contributed by atoms with Gasteiger partial charge in [0.1, 0.15) is 11.9 Å². The molecule has 2 aromatic rings. The van der Waals surface area contributed by atoms with Gasteiger partial charge in [0.25, 0.3) is 0 Å². The summed E-state index contributed by atoms with van der Waals surface area (Å²) in [6, 6.07) is 12.6. The summed E-state index contributed by atoms with van der Waals surface area (Å²) in [7, 11) is 1.35. The molecular weight excluding hydrogens is 292 g/mol. The summed E-state index contributed by atoms with van der Waals surface area (Å²) < 4.78 is 16.5. The molecule has 1 aliphatic rings. The molecule has 3 rings (SSSR count). The Balaban J connectivity index is 2.06. The van der Waals surface area contributed by atoms with Gasteiger partial charge in [-0.05, 0) is 24.3 Å². The monoisotopic (exact) mass is 304 g/mol. The van der Waals surface area contributed by atoms with Crippen molar-refractivity contribution in [3.8, 4) is 17.2 Å². The Morgan fingerprint density at radius 2 is 1.95 bits per heavy atom. The van der Waals surface area contributed by atoms with Crippen molar-refractivity contribution in [2.45, 2.75) is 12.5 Å². The summed E-state index contributed by atoms with van der Waals surface area (Å²) in [6.45, 7) is 0. The van der Waals surface area contributed by atoms with Crippen LogP contribution in [0.5, 0.6) is 17.2 Å². The van der Waals surface area contributed by atoms with Gasteiger partial charge in [-0.25, -0.2) is 0 Å². The lowest BCUT2D eigenvalue weighted by Crippen LogP contribution is -2.13. The predicted octanol–water partition coefficient (Wildman–Crippen LogP) is 4.13. The first kappa shape index (κ1) is 13.8. The lowest BCUT2D eigenvalue weighted by molar-refractivity contribution is -0.142. The molecule has 0 aliphatic carbocycles. The number of rotatable bonds is 2. The number of carbonyl (C=O) groups is 1. The first-order valence-corrected chi connectivity index (χ1v) is 6.85. The van der Waals surface area contributed by atoms with Gasteiger partial charge in [-0.2, -0.15) is 0 Å². The van der Waals surface area contributed by atoms with E-state index in [1.54, 1.807) is 30.3 Å². The van der Waals surface area contributed by atoms with Crippen LogP contribution >= 0.6 is 11.6 Å². The summed E-state index contributed by atoms with van der Waals surface area (Å²) in [5, 5.41) is 0.560. The van der Waals surface area contributed by atoms with E-state index in [1.165, 1.54) is 7.11 Å². The molecule has 5 heteroatoms. The van der Waals surface area contributed by atoms with Crippen molar-refractivity contribution in [1.29, 1.82) is 0 Å². The number of hydrogen-bond donors (Lipinski definition) is 0. The molecule has 0 radical (unpaired) electrons. The van der Waals surface area contributed by atoms with Crippen LogP contribution in [0.25, 0.3) is 0 Å². The molecular formula is C16H13ClO4. The third kappa shape index (κ3) is 2.81. The third-order valence-corrected chi connectivity index (χ3v) is 3.48. The second kappa shape index (κ2) is 5.66. The quantitative estimate of drug-likeness (QED) is 0.783. The smallest absolute Gasteiger partial charge is 0.309 e. The fraction of sp³-hybridized carbons (Fsp3) is 0.188. The molecule has 0 bridgehead atoms. The molecule has 2 aromatic carbocycles. The van der Waals surface area contributed by atoms with Crippen molar-refractivity contribution in [2.24, 2.45) is 0 Å². The Bertz CT molecular complexity index is 684. The maximum atomic E-state index is 11.6.